The van der Waals surface area contributed by atoms with Gasteiger partial charge in [-0.15, -0.1) is 0 Å². The lowest BCUT2D eigenvalue weighted by Gasteiger charge is -2.19. The minimum Gasteiger partial charge on any atom is -0.493 e. The topological polar surface area (TPSA) is 85.9 Å². The number of hydrogen-bond acceptors (Lipinski definition) is 5. The lowest BCUT2D eigenvalue weighted by atomic mass is 10.1. The van der Waals surface area contributed by atoms with Crippen molar-refractivity contribution in [3.8, 4) is 11.5 Å². The van der Waals surface area contributed by atoms with Gasteiger partial charge in [-0.1, -0.05) is 18.2 Å². The van der Waals surface area contributed by atoms with Crippen molar-refractivity contribution in [2.45, 2.75) is 46.3 Å². The number of amides is 2. The Labute approximate surface area is 177 Å². The summed E-state index contributed by atoms with van der Waals surface area (Å²) < 4.78 is 16.0. The van der Waals surface area contributed by atoms with Gasteiger partial charge in [-0.2, -0.15) is 0 Å². The molecular weight excluding hydrogens is 384 g/mol. The van der Waals surface area contributed by atoms with E-state index in [9.17, 15) is 9.59 Å². The van der Waals surface area contributed by atoms with Crippen LogP contribution in [0.2, 0.25) is 0 Å². The third-order valence-corrected chi connectivity index (χ3v) is 3.98. The Kier molecular flexibility index (Phi) is 8.09. The standard InChI is InChI=1S/C23H30N2O5/c1-6-29-19-12-9-17(13-20(19)28-5)15-24-21(26)14-16-7-10-18(11-8-16)25-22(27)30-23(2,3)4/h7-13H,6,14-15H2,1-5H3,(H,24,26)(H,25,27). The first kappa shape index (κ1) is 23.1. The third kappa shape index (κ3) is 7.66. The molecule has 0 heterocycles. The smallest absolute Gasteiger partial charge is 0.412 e. The Morgan fingerprint density at radius 1 is 0.967 bits per heavy atom. The van der Waals surface area contributed by atoms with Crippen LogP contribution in [0, 0.1) is 0 Å². The molecule has 0 aliphatic heterocycles. The van der Waals surface area contributed by atoms with E-state index in [0.29, 0.717) is 30.3 Å². The van der Waals surface area contributed by atoms with Gasteiger partial charge in [-0.05, 0) is 63.1 Å². The number of benzene rings is 2. The zero-order valence-electron chi connectivity index (χ0n) is 18.2. The number of nitrogens with one attached hydrogen (secondary N) is 2. The van der Waals surface area contributed by atoms with Crippen LogP contribution in [-0.4, -0.2) is 31.3 Å². The van der Waals surface area contributed by atoms with Gasteiger partial charge in [0, 0.05) is 12.2 Å². The summed E-state index contributed by atoms with van der Waals surface area (Å²) in [5, 5.41) is 5.56. The average molecular weight is 415 g/mol. The summed E-state index contributed by atoms with van der Waals surface area (Å²) in [4.78, 5) is 24.1. The molecule has 0 atom stereocenters. The molecule has 0 spiro atoms. The number of rotatable bonds is 8. The molecule has 0 bridgehead atoms. The van der Waals surface area contributed by atoms with E-state index in [1.54, 1.807) is 52.1 Å². The molecule has 0 saturated carbocycles. The maximum absolute atomic E-state index is 12.3. The van der Waals surface area contributed by atoms with Crippen molar-refractivity contribution in [3.05, 3.63) is 53.6 Å². The van der Waals surface area contributed by atoms with E-state index in [2.05, 4.69) is 10.6 Å². The SMILES string of the molecule is CCOc1ccc(CNC(=O)Cc2ccc(NC(=O)OC(C)(C)C)cc2)cc1OC. The predicted molar refractivity (Wildman–Crippen MR) is 116 cm³/mol. The molecule has 0 fully saturated rings. The maximum Gasteiger partial charge on any atom is 0.412 e. The van der Waals surface area contributed by atoms with Gasteiger partial charge in [0.25, 0.3) is 0 Å². The van der Waals surface area contributed by atoms with E-state index in [0.717, 1.165) is 11.1 Å². The number of carbonyl (C=O) groups is 2. The first-order valence-electron chi connectivity index (χ1n) is 9.85. The molecule has 2 aromatic rings. The fourth-order valence-corrected chi connectivity index (χ4v) is 2.67. The summed E-state index contributed by atoms with van der Waals surface area (Å²) in [6, 6.07) is 12.7. The molecule has 0 aliphatic carbocycles. The van der Waals surface area contributed by atoms with Crippen molar-refractivity contribution < 1.29 is 23.8 Å². The molecule has 0 aliphatic rings. The highest BCUT2D eigenvalue weighted by molar-refractivity contribution is 5.85. The number of ether oxygens (including phenoxy) is 3. The lowest BCUT2D eigenvalue weighted by Crippen LogP contribution is -2.27. The van der Waals surface area contributed by atoms with E-state index >= 15 is 0 Å². The number of anilines is 1. The third-order valence-electron chi connectivity index (χ3n) is 3.98. The quantitative estimate of drug-likeness (QED) is 0.673. The van der Waals surface area contributed by atoms with E-state index in [4.69, 9.17) is 14.2 Å². The molecule has 162 valence electrons. The molecular formula is C23H30N2O5. The first-order valence-corrected chi connectivity index (χ1v) is 9.85. The number of carbonyl (C=O) groups excluding carboxylic acids is 2. The van der Waals surface area contributed by atoms with Crippen molar-refractivity contribution in [1.82, 2.24) is 5.32 Å². The Bertz CT molecular complexity index is 857. The van der Waals surface area contributed by atoms with Gasteiger partial charge >= 0.3 is 6.09 Å². The van der Waals surface area contributed by atoms with Crippen LogP contribution in [0.15, 0.2) is 42.5 Å². The van der Waals surface area contributed by atoms with E-state index in [1.165, 1.54) is 0 Å². The van der Waals surface area contributed by atoms with Crippen molar-refractivity contribution in [3.63, 3.8) is 0 Å². The molecule has 2 N–H and O–H groups in total. The Balaban J connectivity index is 1.86. The second-order valence-electron chi connectivity index (χ2n) is 7.70. The predicted octanol–water partition coefficient (Wildman–Crippen LogP) is 4.30. The van der Waals surface area contributed by atoms with E-state index < -0.39 is 11.7 Å². The molecule has 2 amide bonds. The van der Waals surface area contributed by atoms with Gasteiger partial charge in [0.2, 0.25) is 5.91 Å². The van der Waals surface area contributed by atoms with Crippen molar-refractivity contribution in [2.24, 2.45) is 0 Å². The molecule has 7 nitrogen and oxygen atoms in total. The van der Waals surface area contributed by atoms with Crippen LogP contribution in [0.1, 0.15) is 38.8 Å². The molecule has 0 radical (unpaired) electrons. The second kappa shape index (κ2) is 10.5. The normalized spacial score (nSPS) is 10.8. The van der Waals surface area contributed by atoms with Crippen LogP contribution in [0.5, 0.6) is 11.5 Å². The van der Waals surface area contributed by atoms with Gasteiger partial charge in [-0.3, -0.25) is 10.1 Å². The fraction of sp³-hybridized carbons (Fsp3) is 0.391. The van der Waals surface area contributed by atoms with Crippen LogP contribution in [0.25, 0.3) is 0 Å². The number of methoxy groups -OCH3 is 1. The maximum atomic E-state index is 12.3. The summed E-state index contributed by atoms with van der Waals surface area (Å²) in [6.07, 6.45) is -0.278. The Hall–Kier alpha value is -3.22. The molecule has 0 unspecified atom stereocenters. The zero-order valence-corrected chi connectivity index (χ0v) is 18.2. The monoisotopic (exact) mass is 414 g/mol. The second-order valence-corrected chi connectivity index (χ2v) is 7.70. The lowest BCUT2D eigenvalue weighted by molar-refractivity contribution is -0.120. The van der Waals surface area contributed by atoms with Crippen molar-refractivity contribution in [2.75, 3.05) is 19.0 Å². The molecule has 0 saturated heterocycles. The van der Waals surface area contributed by atoms with Crippen LogP contribution in [0.3, 0.4) is 0 Å². The summed E-state index contributed by atoms with van der Waals surface area (Å²) in [5.74, 6) is 1.21. The van der Waals surface area contributed by atoms with Gasteiger partial charge in [-0.25, -0.2) is 4.79 Å². The number of hydrogen-bond donors (Lipinski definition) is 2. The van der Waals surface area contributed by atoms with E-state index in [-0.39, 0.29) is 12.3 Å². The minimum atomic E-state index is -0.560. The van der Waals surface area contributed by atoms with Crippen LogP contribution >= 0.6 is 0 Å². The van der Waals surface area contributed by atoms with Gasteiger partial charge in [0.1, 0.15) is 5.60 Å². The Morgan fingerprint density at radius 3 is 2.23 bits per heavy atom. The molecule has 30 heavy (non-hydrogen) atoms. The summed E-state index contributed by atoms with van der Waals surface area (Å²) in [5.41, 5.74) is 1.80. The molecule has 0 aromatic heterocycles. The molecule has 2 rings (SSSR count). The van der Waals surface area contributed by atoms with Crippen molar-refractivity contribution >= 4 is 17.7 Å². The highest BCUT2D eigenvalue weighted by atomic mass is 16.6. The van der Waals surface area contributed by atoms with Crippen molar-refractivity contribution in [1.29, 1.82) is 0 Å². The fourth-order valence-electron chi connectivity index (χ4n) is 2.67. The van der Waals surface area contributed by atoms with Crippen LogP contribution in [0.4, 0.5) is 10.5 Å². The largest absolute Gasteiger partial charge is 0.493 e. The highest BCUT2D eigenvalue weighted by Crippen LogP contribution is 2.28. The summed E-state index contributed by atoms with van der Waals surface area (Å²) in [7, 11) is 1.58. The van der Waals surface area contributed by atoms with Crippen LogP contribution in [-0.2, 0) is 22.5 Å². The Morgan fingerprint density at radius 2 is 1.63 bits per heavy atom. The average Bonchev–Trinajstić information content (AvgIpc) is 2.67. The van der Waals surface area contributed by atoms with Crippen LogP contribution < -0.4 is 20.1 Å². The molecule has 7 heteroatoms. The molecule has 2 aromatic carbocycles. The van der Waals surface area contributed by atoms with Gasteiger partial charge in [0.05, 0.1) is 20.1 Å². The van der Waals surface area contributed by atoms with Gasteiger partial charge in [0.15, 0.2) is 11.5 Å². The van der Waals surface area contributed by atoms with E-state index in [1.807, 2.05) is 25.1 Å². The zero-order chi connectivity index (χ0) is 22.1. The minimum absolute atomic E-state index is 0.101. The van der Waals surface area contributed by atoms with Gasteiger partial charge < -0.3 is 19.5 Å². The summed E-state index contributed by atoms with van der Waals surface area (Å²) in [6.45, 7) is 8.26. The highest BCUT2D eigenvalue weighted by Gasteiger charge is 2.16. The first-order chi connectivity index (χ1) is 14.2. The summed E-state index contributed by atoms with van der Waals surface area (Å²) >= 11 is 0.